The minimum absolute atomic E-state index is 0.274. The van der Waals surface area contributed by atoms with Crippen LogP contribution in [0.25, 0.3) is 0 Å². The van der Waals surface area contributed by atoms with Crippen LogP contribution in [0.2, 0.25) is 0 Å². The predicted molar refractivity (Wildman–Crippen MR) is 55.7 cm³/mol. The average molecular weight is 199 g/mol. The van der Waals surface area contributed by atoms with Crippen LogP contribution in [0.1, 0.15) is 39.0 Å². The highest BCUT2D eigenvalue weighted by Crippen LogP contribution is 2.30. The molecule has 3 heteroatoms. The number of hydrogen-bond donors (Lipinski definition) is 1. The monoisotopic (exact) mass is 199 g/mol. The maximum atomic E-state index is 11.1. The number of carbonyl (C=O) groups excluding carboxylic acids is 1. The van der Waals surface area contributed by atoms with Crippen LogP contribution in [0, 0.1) is 11.8 Å². The topological polar surface area (TPSA) is 52.3 Å². The summed E-state index contributed by atoms with van der Waals surface area (Å²) in [7, 11) is 1.39. The normalized spacial score (nSPS) is 29.6. The first kappa shape index (κ1) is 11.5. The Bertz CT molecular complexity index is 186. The lowest BCUT2D eigenvalue weighted by molar-refractivity contribution is -0.142. The van der Waals surface area contributed by atoms with Gasteiger partial charge >= 0.3 is 5.97 Å². The van der Waals surface area contributed by atoms with Gasteiger partial charge in [0.1, 0.15) is 6.04 Å². The molecule has 0 aromatic heterocycles. The first-order valence-corrected chi connectivity index (χ1v) is 5.47. The van der Waals surface area contributed by atoms with E-state index in [2.05, 4.69) is 11.7 Å². The molecule has 14 heavy (non-hydrogen) atoms. The van der Waals surface area contributed by atoms with Gasteiger partial charge in [-0.25, -0.2) is 0 Å². The molecule has 0 bridgehead atoms. The van der Waals surface area contributed by atoms with Crippen molar-refractivity contribution in [3.05, 3.63) is 0 Å². The summed E-state index contributed by atoms with van der Waals surface area (Å²) < 4.78 is 4.61. The zero-order valence-corrected chi connectivity index (χ0v) is 9.16. The van der Waals surface area contributed by atoms with Gasteiger partial charge in [0, 0.05) is 0 Å². The number of carbonyl (C=O) groups is 1. The van der Waals surface area contributed by atoms with Crippen molar-refractivity contribution in [1.82, 2.24) is 0 Å². The second-order valence-corrected chi connectivity index (χ2v) is 4.49. The molecule has 82 valence electrons. The lowest BCUT2D eigenvalue weighted by Crippen LogP contribution is -2.34. The van der Waals surface area contributed by atoms with Gasteiger partial charge in [-0.2, -0.15) is 0 Å². The van der Waals surface area contributed by atoms with E-state index in [-0.39, 0.29) is 5.97 Å². The van der Waals surface area contributed by atoms with E-state index < -0.39 is 6.04 Å². The largest absolute Gasteiger partial charge is 0.468 e. The Hall–Kier alpha value is -0.570. The molecule has 1 saturated carbocycles. The van der Waals surface area contributed by atoms with Crippen molar-refractivity contribution in [2.75, 3.05) is 7.11 Å². The zero-order valence-electron chi connectivity index (χ0n) is 9.16. The molecule has 1 rings (SSSR count). The summed E-state index contributed by atoms with van der Waals surface area (Å²) in [5, 5.41) is 0. The highest BCUT2D eigenvalue weighted by Gasteiger charge is 2.23. The number of methoxy groups -OCH3 is 1. The Morgan fingerprint density at radius 1 is 1.43 bits per heavy atom. The minimum atomic E-state index is -0.418. The molecule has 0 amide bonds. The van der Waals surface area contributed by atoms with Crippen molar-refractivity contribution < 1.29 is 9.53 Å². The third-order valence-electron chi connectivity index (χ3n) is 3.23. The van der Waals surface area contributed by atoms with Crippen molar-refractivity contribution >= 4 is 5.97 Å². The number of hydrogen-bond acceptors (Lipinski definition) is 3. The second-order valence-electron chi connectivity index (χ2n) is 4.49. The summed E-state index contributed by atoms with van der Waals surface area (Å²) in [5.74, 6) is 1.20. The highest BCUT2D eigenvalue weighted by molar-refractivity contribution is 5.75. The molecule has 0 radical (unpaired) electrons. The smallest absolute Gasteiger partial charge is 0.322 e. The summed E-state index contributed by atoms with van der Waals surface area (Å²) in [6.07, 6.45) is 5.77. The van der Waals surface area contributed by atoms with Crippen LogP contribution in [-0.2, 0) is 9.53 Å². The van der Waals surface area contributed by atoms with Crippen molar-refractivity contribution in [3.63, 3.8) is 0 Å². The maximum Gasteiger partial charge on any atom is 0.322 e. The number of esters is 1. The van der Waals surface area contributed by atoms with E-state index in [1.807, 2.05) is 0 Å². The van der Waals surface area contributed by atoms with E-state index in [0.29, 0.717) is 5.92 Å². The van der Waals surface area contributed by atoms with Crippen molar-refractivity contribution in [1.29, 1.82) is 0 Å². The van der Waals surface area contributed by atoms with Crippen LogP contribution >= 0.6 is 0 Å². The molecule has 3 nitrogen and oxygen atoms in total. The van der Waals surface area contributed by atoms with Crippen LogP contribution in [0.4, 0.5) is 0 Å². The minimum Gasteiger partial charge on any atom is -0.468 e. The van der Waals surface area contributed by atoms with Crippen LogP contribution < -0.4 is 5.73 Å². The summed E-state index contributed by atoms with van der Waals surface area (Å²) in [4.78, 5) is 11.1. The summed E-state index contributed by atoms with van der Waals surface area (Å²) in [6.45, 7) is 2.29. The van der Waals surface area contributed by atoms with E-state index in [1.54, 1.807) is 0 Å². The quantitative estimate of drug-likeness (QED) is 0.704. The maximum absolute atomic E-state index is 11.1. The van der Waals surface area contributed by atoms with E-state index in [4.69, 9.17) is 5.73 Å². The molecular weight excluding hydrogens is 178 g/mol. The fraction of sp³-hybridized carbons (Fsp3) is 0.909. The Kier molecular flexibility index (Phi) is 4.39. The average Bonchev–Trinajstić information content (AvgIpc) is 2.20. The Labute approximate surface area is 86.0 Å². The number of nitrogens with two attached hydrogens (primary N) is 1. The molecule has 1 unspecified atom stereocenters. The van der Waals surface area contributed by atoms with E-state index in [1.165, 1.54) is 32.8 Å². The first-order valence-electron chi connectivity index (χ1n) is 5.47. The first-order chi connectivity index (χ1) is 6.63. The van der Waals surface area contributed by atoms with Gasteiger partial charge in [0.05, 0.1) is 7.11 Å². The van der Waals surface area contributed by atoms with Gasteiger partial charge in [-0.05, 0) is 18.3 Å². The standard InChI is InChI=1S/C11H21NO2/c1-8-3-5-9(6-4-8)7-10(12)11(13)14-2/h8-10H,3-7,12H2,1-2H3. The fourth-order valence-corrected chi connectivity index (χ4v) is 2.17. The molecule has 0 aromatic rings. The third-order valence-corrected chi connectivity index (χ3v) is 3.23. The van der Waals surface area contributed by atoms with E-state index in [0.717, 1.165) is 12.3 Å². The Morgan fingerprint density at radius 3 is 2.50 bits per heavy atom. The van der Waals surface area contributed by atoms with Crippen LogP contribution in [0.5, 0.6) is 0 Å². The van der Waals surface area contributed by atoms with Crippen LogP contribution in [-0.4, -0.2) is 19.1 Å². The summed E-state index contributed by atoms with van der Waals surface area (Å²) in [6, 6.07) is -0.418. The van der Waals surface area contributed by atoms with E-state index in [9.17, 15) is 4.79 Å². The van der Waals surface area contributed by atoms with Crippen molar-refractivity contribution in [2.24, 2.45) is 17.6 Å². The van der Waals surface area contributed by atoms with Gasteiger partial charge in [0.25, 0.3) is 0 Å². The van der Waals surface area contributed by atoms with Gasteiger partial charge in [-0.15, -0.1) is 0 Å². The molecule has 0 saturated heterocycles. The highest BCUT2D eigenvalue weighted by atomic mass is 16.5. The fourth-order valence-electron chi connectivity index (χ4n) is 2.17. The molecule has 2 N–H and O–H groups in total. The molecule has 0 spiro atoms. The molecule has 1 fully saturated rings. The predicted octanol–water partition coefficient (Wildman–Crippen LogP) is 1.70. The lowest BCUT2D eigenvalue weighted by atomic mass is 9.80. The number of rotatable bonds is 3. The van der Waals surface area contributed by atoms with Gasteiger partial charge in [-0.3, -0.25) is 4.79 Å². The molecule has 1 atom stereocenters. The molecule has 1 aliphatic carbocycles. The third kappa shape index (κ3) is 3.29. The molecule has 0 heterocycles. The number of ether oxygens (including phenoxy) is 1. The zero-order chi connectivity index (χ0) is 10.6. The van der Waals surface area contributed by atoms with Gasteiger partial charge in [0.2, 0.25) is 0 Å². The SMILES string of the molecule is COC(=O)C(N)CC1CCC(C)CC1. The van der Waals surface area contributed by atoms with Crippen LogP contribution in [0.15, 0.2) is 0 Å². The van der Waals surface area contributed by atoms with E-state index >= 15 is 0 Å². The van der Waals surface area contributed by atoms with Gasteiger partial charge in [-0.1, -0.05) is 32.6 Å². The van der Waals surface area contributed by atoms with Gasteiger partial charge in [0.15, 0.2) is 0 Å². The molecule has 0 aromatic carbocycles. The van der Waals surface area contributed by atoms with Crippen molar-refractivity contribution in [3.8, 4) is 0 Å². The molecule has 1 aliphatic rings. The Balaban J connectivity index is 2.27. The molecule has 0 aliphatic heterocycles. The van der Waals surface area contributed by atoms with Crippen molar-refractivity contribution in [2.45, 2.75) is 45.1 Å². The lowest BCUT2D eigenvalue weighted by Gasteiger charge is -2.27. The molecular formula is C11H21NO2. The van der Waals surface area contributed by atoms with Crippen LogP contribution in [0.3, 0.4) is 0 Å². The Morgan fingerprint density at radius 2 is 2.00 bits per heavy atom. The second kappa shape index (κ2) is 5.35. The van der Waals surface area contributed by atoms with Gasteiger partial charge < -0.3 is 10.5 Å². The summed E-state index contributed by atoms with van der Waals surface area (Å²) in [5.41, 5.74) is 5.72. The summed E-state index contributed by atoms with van der Waals surface area (Å²) >= 11 is 0.